The molecule has 0 spiro atoms. The van der Waals surface area contributed by atoms with Crippen LogP contribution in [0.4, 0.5) is 0 Å². The molecule has 0 amide bonds. The van der Waals surface area contributed by atoms with Crippen LogP contribution in [0.5, 0.6) is 0 Å². The fraction of sp³-hybridized carbons (Fsp3) is 0.316. The molecule has 112 valence electrons. The minimum Gasteiger partial charge on any atom is -0.436 e. The first-order valence-electron chi connectivity index (χ1n) is 8.07. The van der Waals surface area contributed by atoms with Gasteiger partial charge in [0, 0.05) is 11.6 Å². The number of hydrogen-bond donors (Lipinski definition) is 1. The Morgan fingerprint density at radius 1 is 1.05 bits per heavy atom. The topological polar surface area (TPSA) is 38.1 Å². The quantitative estimate of drug-likeness (QED) is 0.787. The molecule has 3 nitrogen and oxygen atoms in total. The fourth-order valence-corrected chi connectivity index (χ4v) is 3.26. The summed E-state index contributed by atoms with van der Waals surface area (Å²) in [4.78, 5) is 4.65. The highest BCUT2D eigenvalue weighted by Crippen LogP contribution is 2.28. The number of para-hydroxylation sites is 2. The molecule has 1 saturated heterocycles. The number of piperidine rings is 1. The summed E-state index contributed by atoms with van der Waals surface area (Å²) in [6.07, 6.45) is 4.91. The summed E-state index contributed by atoms with van der Waals surface area (Å²) < 4.78 is 5.95. The first kappa shape index (κ1) is 13.5. The molecule has 22 heavy (non-hydrogen) atoms. The van der Waals surface area contributed by atoms with Crippen LogP contribution in [0.2, 0.25) is 0 Å². The van der Waals surface area contributed by atoms with Gasteiger partial charge in [-0.15, -0.1) is 0 Å². The maximum absolute atomic E-state index is 5.95. The van der Waals surface area contributed by atoms with Crippen molar-refractivity contribution in [2.45, 2.75) is 31.7 Å². The minimum atomic E-state index is 0.569. The highest BCUT2D eigenvalue weighted by molar-refractivity contribution is 5.76. The zero-order valence-corrected chi connectivity index (χ0v) is 12.6. The Kier molecular flexibility index (Phi) is 3.65. The maximum Gasteiger partial charge on any atom is 0.227 e. The van der Waals surface area contributed by atoms with E-state index < -0.39 is 0 Å². The normalized spacial score (nSPS) is 18.6. The van der Waals surface area contributed by atoms with Gasteiger partial charge in [0.15, 0.2) is 5.58 Å². The van der Waals surface area contributed by atoms with Crippen molar-refractivity contribution < 1.29 is 4.42 Å². The summed E-state index contributed by atoms with van der Waals surface area (Å²) in [6, 6.07) is 17.0. The Hall–Kier alpha value is -2.13. The predicted octanol–water partition coefficient (Wildman–Crippen LogP) is 4.18. The van der Waals surface area contributed by atoms with E-state index in [2.05, 4.69) is 34.6 Å². The number of nitrogens with zero attached hydrogens (tertiary/aromatic N) is 1. The lowest BCUT2D eigenvalue weighted by Crippen LogP contribution is -2.35. The molecule has 3 heteroatoms. The Labute approximate surface area is 130 Å². The molecule has 1 aliphatic rings. The second-order valence-electron chi connectivity index (χ2n) is 5.99. The van der Waals surface area contributed by atoms with Gasteiger partial charge in [-0.1, -0.05) is 36.8 Å². The summed E-state index contributed by atoms with van der Waals surface area (Å²) in [5.41, 5.74) is 4.20. The predicted molar refractivity (Wildman–Crippen MR) is 88.8 cm³/mol. The zero-order valence-electron chi connectivity index (χ0n) is 12.6. The molecule has 1 fully saturated rings. The first-order valence-corrected chi connectivity index (χ1v) is 8.07. The van der Waals surface area contributed by atoms with Gasteiger partial charge in [-0.25, -0.2) is 4.98 Å². The van der Waals surface area contributed by atoms with Crippen LogP contribution in [0, 0.1) is 0 Å². The Bertz CT molecular complexity index is 739. The number of rotatable bonds is 3. The minimum absolute atomic E-state index is 0.569. The molecule has 1 N–H and O–H groups in total. The Morgan fingerprint density at radius 2 is 1.91 bits per heavy atom. The van der Waals surface area contributed by atoms with Crippen LogP contribution in [0.1, 0.15) is 24.8 Å². The summed E-state index contributed by atoms with van der Waals surface area (Å²) in [5.74, 6) is 0.729. The molecular formula is C19H20N2O. The molecule has 1 unspecified atom stereocenters. The molecule has 0 aliphatic carbocycles. The number of hydrogen-bond acceptors (Lipinski definition) is 3. The van der Waals surface area contributed by atoms with Crippen LogP contribution < -0.4 is 5.32 Å². The van der Waals surface area contributed by atoms with Crippen molar-refractivity contribution in [2.75, 3.05) is 6.54 Å². The van der Waals surface area contributed by atoms with Crippen molar-refractivity contribution in [2.24, 2.45) is 0 Å². The fourth-order valence-electron chi connectivity index (χ4n) is 3.26. The summed E-state index contributed by atoms with van der Waals surface area (Å²) in [6.45, 7) is 1.13. The Morgan fingerprint density at radius 3 is 2.77 bits per heavy atom. The van der Waals surface area contributed by atoms with Gasteiger partial charge >= 0.3 is 0 Å². The van der Waals surface area contributed by atoms with Gasteiger partial charge in [0.05, 0.1) is 0 Å². The van der Waals surface area contributed by atoms with Crippen LogP contribution in [0.25, 0.3) is 22.6 Å². The average molecular weight is 292 g/mol. The van der Waals surface area contributed by atoms with Crippen LogP contribution >= 0.6 is 0 Å². The molecule has 3 aromatic rings. The highest BCUT2D eigenvalue weighted by atomic mass is 16.3. The number of fused-ring (bicyclic) bond motifs is 1. The van der Waals surface area contributed by atoms with E-state index in [1.54, 1.807) is 0 Å². The van der Waals surface area contributed by atoms with Crippen molar-refractivity contribution >= 4 is 11.1 Å². The summed E-state index contributed by atoms with van der Waals surface area (Å²) >= 11 is 0. The van der Waals surface area contributed by atoms with E-state index in [-0.39, 0.29) is 0 Å². The molecule has 0 radical (unpaired) electrons. The third kappa shape index (κ3) is 2.64. The first-order chi connectivity index (χ1) is 10.9. The van der Waals surface area contributed by atoms with Crippen molar-refractivity contribution in [1.29, 1.82) is 0 Å². The van der Waals surface area contributed by atoms with Crippen molar-refractivity contribution in [3.8, 4) is 11.5 Å². The molecule has 1 aliphatic heterocycles. The van der Waals surface area contributed by atoms with E-state index in [9.17, 15) is 0 Å². The van der Waals surface area contributed by atoms with E-state index in [1.807, 2.05) is 24.3 Å². The van der Waals surface area contributed by atoms with Gasteiger partial charge in [0.1, 0.15) is 5.52 Å². The van der Waals surface area contributed by atoms with E-state index in [4.69, 9.17) is 4.42 Å². The van der Waals surface area contributed by atoms with Gasteiger partial charge in [-0.3, -0.25) is 0 Å². The van der Waals surface area contributed by atoms with Crippen LogP contribution in [-0.4, -0.2) is 17.6 Å². The van der Waals surface area contributed by atoms with E-state index in [0.717, 1.165) is 35.5 Å². The van der Waals surface area contributed by atoms with Gasteiger partial charge in [0.2, 0.25) is 5.89 Å². The second-order valence-corrected chi connectivity index (χ2v) is 5.99. The van der Waals surface area contributed by atoms with Gasteiger partial charge in [0.25, 0.3) is 0 Å². The van der Waals surface area contributed by atoms with Crippen molar-refractivity contribution in [1.82, 2.24) is 10.3 Å². The lowest BCUT2D eigenvalue weighted by Gasteiger charge is -2.24. The Balaban J connectivity index is 1.68. The molecular weight excluding hydrogens is 272 g/mol. The monoisotopic (exact) mass is 292 g/mol. The summed E-state index contributed by atoms with van der Waals surface area (Å²) in [5, 5.41) is 3.62. The highest BCUT2D eigenvalue weighted by Gasteiger charge is 2.17. The lowest BCUT2D eigenvalue weighted by molar-refractivity contribution is 0.399. The molecule has 1 atom stereocenters. The number of oxazole rings is 1. The van der Waals surface area contributed by atoms with E-state index >= 15 is 0 Å². The molecule has 4 rings (SSSR count). The average Bonchev–Trinajstić information content (AvgIpc) is 3.00. The maximum atomic E-state index is 5.95. The largest absolute Gasteiger partial charge is 0.436 e. The van der Waals surface area contributed by atoms with Crippen LogP contribution in [-0.2, 0) is 6.42 Å². The zero-order chi connectivity index (χ0) is 14.8. The van der Waals surface area contributed by atoms with E-state index in [0.29, 0.717) is 6.04 Å². The molecule has 0 bridgehead atoms. The number of benzene rings is 2. The van der Waals surface area contributed by atoms with Crippen molar-refractivity contribution in [3.05, 3.63) is 54.1 Å². The third-order valence-corrected chi connectivity index (χ3v) is 4.42. The molecule has 0 saturated carbocycles. The van der Waals surface area contributed by atoms with Gasteiger partial charge < -0.3 is 9.73 Å². The van der Waals surface area contributed by atoms with Gasteiger partial charge in [-0.2, -0.15) is 0 Å². The van der Waals surface area contributed by atoms with Crippen molar-refractivity contribution in [3.63, 3.8) is 0 Å². The molecule has 1 aromatic heterocycles. The second kappa shape index (κ2) is 5.93. The SMILES string of the molecule is c1ccc(-c2nc3ccccc3o2)c(CC2CCCCN2)c1. The molecule has 2 aromatic carbocycles. The van der Waals surface area contributed by atoms with Crippen LogP contribution in [0.15, 0.2) is 52.9 Å². The van der Waals surface area contributed by atoms with E-state index in [1.165, 1.54) is 24.8 Å². The summed E-state index contributed by atoms with van der Waals surface area (Å²) in [7, 11) is 0. The number of nitrogens with one attached hydrogen (secondary N) is 1. The molecule has 2 heterocycles. The third-order valence-electron chi connectivity index (χ3n) is 4.42. The number of aromatic nitrogens is 1. The standard InChI is InChI=1S/C19H20N2O/c1-2-9-16(14(7-1)13-15-8-5-6-12-20-15)19-21-17-10-3-4-11-18(17)22-19/h1-4,7,9-11,15,20H,5-6,8,12-13H2. The van der Waals surface area contributed by atoms with Gasteiger partial charge in [-0.05, 0) is 49.6 Å². The smallest absolute Gasteiger partial charge is 0.227 e. The van der Waals surface area contributed by atoms with Crippen LogP contribution in [0.3, 0.4) is 0 Å². The lowest BCUT2D eigenvalue weighted by atomic mass is 9.95.